The van der Waals surface area contributed by atoms with E-state index in [-0.39, 0.29) is 12.0 Å². The smallest absolute Gasteiger partial charge is 0.228 e. The molecular formula is C16H29NO2. The molecule has 0 aromatic carbocycles. The average molecular weight is 267 g/mol. The number of carbonyl (C=O) groups is 1. The number of aliphatic hydroxyl groups excluding tert-OH is 1. The summed E-state index contributed by atoms with van der Waals surface area (Å²) in [6.07, 6.45) is 7.71. The Morgan fingerprint density at radius 3 is 2.58 bits per heavy atom. The largest absolute Gasteiger partial charge is 0.396 e. The van der Waals surface area contributed by atoms with Gasteiger partial charge >= 0.3 is 0 Å². The Morgan fingerprint density at radius 1 is 1.32 bits per heavy atom. The Morgan fingerprint density at radius 2 is 2.00 bits per heavy atom. The van der Waals surface area contributed by atoms with Crippen molar-refractivity contribution < 1.29 is 9.90 Å². The number of likely N-dealkylation sites (tertiary alicyclic amines) is 1. The summed E-state index contributed by atoms with van der Waals surface area (Å²) in [4.78, 5) is 15.0. The Labute approximate surface area is 117 Å². The van der Waals surface area contributed by atoms with Crippen molar-refractivity contribution in [3.8, 4) is 0 Å². The monoisotopic (exact) mass is 267 g/mol. The average Bonchev–Trinajstić information content (AvgIpc) is 2.86. The van der Waals surface area contributed by atoms with Crippen LogP contribution in [0, 0.1) is 17.3 Å². The van der Waals surface area contributed by atoms with E-state index in [1.54, 1.807) is 0 Å². The first-order valence-electron chi connectivity index (χ1n) is 7.97. The molecule has 2 fully saturated rings. The van der Waals surface area contributed by atoms with Crippen LogP contribution < -0.4 is 0 Å². The van der Waals surface area contributed by atoms with Crippen LogP contribution in [0.15, 0.2) is 0 Å². The van der Waals surface area contributed by atoms with Gasteiger partial charge in [0.2, 0.25) is 5.91 Å². The third-order valence-electron chi connectivity index (χ3n) is 4.88. The fourth-order valence-electron chi connectivity index (χ4n) is 4.07. The number of carbonyl (C=O) groups excluding carboxylic acids is 1. The van der Waals surface area contributed by atoms with E-state index >= 15 is 0 Å². The van der Waals surface area contributed by atoms with Gasteiger partial charge in [0.05, 0.1) is 0 Å². The molecule has 2 rings (SSSR count). The molecule has 1 N–H and O–H groups in total. The molecule has 0 radical (unpaired) electrons. The number of hydrogen-bond donors (Lipinski definition) is 1. The summed E-state index contributed by atoms with van der Waals surface area (Å²) in [5.41, 5.74) is -0.0779. The number of hydrogen-bond acceptors (Lipinski definition) is 2. The zero-order valence-corrected chi connectivity index (χ0v) is 12.5. The molecule has 1 atom stereocenters. The predicted molar refractivity (Wildman–Crippen MR) is 76.7 cm³/mol. The summed E-state index contributed by atoms with van der Waals surface area (Å²) in [6.45, 7) is 6.34. The van der Waals surface area contributed by atoms with Gasteiger partial charge in [-0.2, -0.15) is 0 Å². The number of amides is 1. The zero-order valence-electron chi connectivity index (χ0n) is 12.5. The maximum Gasteiger partial charge on any atom is 0.228 e. The molecule has 0 spiro atoms. The third-order valence-corrected chi connectivity index (χ3v) is 4.88. The van der Waals surface area contributed by atoms with Gasteiger partial charge in [-0.15, -0.1) is 0 Å². The molecule has 0 aromatic rings. The number of nitrogens with zero attached hydrogens (tertiary/aromatic N) is 1. The van der Waals surface area contributed by atoms with Gasteiger partial charge in [0.25, 0.3) is 0 Å². The molecule has 2 aliphatic rings. The summed E-state index contributed by atoms with van der Waals surface area (Å²) < 4.78 is 0. The number of aliphatic hydroxyl groups is 1. The Bertz CT molecular complexity index is 308. The van der Waals surface area contributed by atoms with Crippen molar-refractivity contribution in [2.45, 2.75) is 58.8 Å². The fourth-order valence-corrected chi connectivity index (χ4v) is 4.07. The second kappa shape index (κ2) is 6.25. The van der Waals surface area contributed by atoms with Crippen LogP contribution >= 0.6 is 0 Å². The first kappa shape index (κ1) is 14.8. The van der Waals surface area contributed by atoms with E-state index in [0.29, 0.717) is 17.7 Å². The predicted octanol–water partition coefficient (Wildman–Crippen LogP) is 2.82. The molecule has 1 aliphatic carbocycles. The van der Waals surface area contributed by atoms with Gasteiger partial charge in [-0.25, -0.2) is 0 Å². The lowest BCUT2D eigenvalue weighted by atomic mass is 9.76. The summed E-state index contributed by atoms with van der Waals surface area (Å²) >= 11 is 0. The second-order valence-corrected chi connectivity index (χ2v) is 7.03. The van der Waals surface area contributed by atoms with Crippen LogP contribution in [-0.2, 0) is 4.79 Å². The first-order chi connectivity index (χ1) is 9.07. The highest BCUT2D eigenvalue weighted by Crippen LogP contribution is 2.45. The molecule has 0 bridgehead atoms. The van der Waals surface area contributed by atoms with Gasteiger partial charge in [-0.1, -0.05) is 26.7 Å². The van der Waals surface area contributed by atoms with Crippen molar-refractivity contribution in [1.29, 1.82) is 0 Å². The normalized spacial score (nSPS) is 26.9. The molecule has 1 saturated heterocycles. The van der Waals surface area contributed by atoms with E-state index < -0.39 is 0 Å². The van der Waals surface area contributed by atoms with Crippen molar-refractivity contribution in [3.05, 3.63) is 0 Å². The van der Waals surface area contributed by atoms with Crippen LogP contribution in [0.3, 0.4) is 0 Å². The summed E-state index contributed by atoms with van der Waals surface area (Å²) in [6, 6.07) is 0. The van der Waals surface area contributed by atoms with Gasteiger partial charge in [0.1, 0.15) is 0 Å². The molecule has 1 heterocycles. The van der Waals surface area contributed by atoms with E-state index in [0.717, 1.165) is 45.2 Å². The van der Waals surface area contributed by atoms with Crippen molar-refractivity contribution in [2.75, 3.05) is 19.7 Å². The summed E-state index contributed by atoms with van der Waals surface area (Å²) in [7, 11) is 0. The molecule has 0 aromatic heterocycles. The topological polar surface area (TPSA) is 40.5 Å². The van der Waals surface area contributed by atoms with Crippen molar-refractivity contribution >= 4 is 5.91 Å². The van der Waals surface area contributed by atoms with Crippen LogP contribution in [-0.4, -0.2) is 35.6 Å². The molecule has 1 saturated carbocycles. The van der Waals surface area contributed by atoms with E-state index in [1.165, 1.54) is 12.8 Å². The van der Waals surface area contributed by atoms with Gasteiger partial charge < -0.3 is 10.0 Å². The fraction of sp³-hybridized carbons (Fsp3) is 0.938. The molecule has 1 unspecified atom stereocenters. The highest BCUT2D eigenvalue weighted by Gasteiger charge is 2.44. The van der Waals surface area contributed by atoms with Crippen LogP contribution in [0.2, 0.25) is 0 Å². The maximum absolute atomic E-state index is 13.0. The third kappa shape index (κ3) is 3.31. The van der Waals surface area contributed by atoms with Crippen LogP contribution in [0.5, 0.6) is 0 Å². The van der Waals surface area contributed by atoms with Gasteiger partial charge in [0, 0.05) is 25.1 Å². The quantitative estimate of drug-likeness (QED) is 0.851. The van der Waals surface area contributed by atoms with E-state index in [2.05, 4.69) is 18.7 Å². The SMILES string of the molecule is CC(C)CC1(C(=O)N2CCCC(CO)C2)CCCC1. The Kier molecular flexibility index (Phi) is 4.88. The molecule has 1 aliphatic heterocycles. The molecular weight excluding hydrogens is 238 g/mol. The lowest BCUT2D eigenvalue weighted by Crippen LogP contribution is -2.48. The minimum absolute atomic E-state index is 0.0779. The van der Waals surface area contributed by atoms with Gasteiger partial charge in [-0.3, -0.25) is 4.79 Å². The molecule has 3 heteroatoms. The lowest BCUT2D eigenvalue weighted by molar-refractivity contribution is -0.145. The van der Waals surface area contributed by atoms with Crippen LogP contribution in [0.4, 0.5) is 0 Å². The highest BCUT2D eigenvalue weighted by molar-refractivity contribution is 5.83. The first-order valence-corrected chi connectivity index (χ1v) is 7.97. The number of piperidine rings is 1. The van der Waals surface area contributed by atoms with E-state index in [4.69, 9.17) is 0 Å². The Hall–Kier alpha value is -0.570. The van der Waals surface area contributed by atoms with E-state index in [1.807, 2.05) is 0 Å². The van der Waals surface area contributed by atoms with Gasteiger partial charge in [0.15, 0.2) is 0 Å². The maximum atomic E-state index is 13.0. The molecule has 110 valence electrons. The summed E-state index contributed by atoms with van der Waals surface area (Å²) in [5, 5.41) is 9.33. The van der Waals surface area contributed by atoms with Crippen molar-refractivity contribution in [3.63, 3.8) is 0 Å². The zero-order chi connectivity index (χ0) is 13.9. The molecule has 3 nitrogen and oxygen atoms in total. The highest BCUT2D eigenvalue weighted by atomic mass is 16.3. The minimum Gasteiger partial charge on any atom is -0.396 e. The minimum atomic E-state index is -0.0779. The standard InChI is InChI=1S/C16H29NO2/c1-13(2)10-16(7-3-4-8-16)15(19)17-9-5-6-14(11-17)12-18/h13-14,18H,3-12H2,1-2H3. The molecule has 19 heavy (non-hydrogen) atoms. The summed E-state index contributed by atoms with van der Waals surface area (Å²) in [5.74, 6) is 1.27. The van der Waals surface area contributed by atoms with Crippen LogP contribution in [0.25, 0.3) is 0 Å². The second-order valence-electron chi connectivity index (χ2n) is 7.03. The van der Waals surface area contributed by atoms with Gasteiger partial charge in [-0.05, 0) is 43.9 Å². The molecule has 1 amide bonds. The Balaban J connectivity index is 2.06. The van der Waals surface area contributed by atoms with Crippen molar-refractivity contribution in [1.82, 2.24) is 4.90 Å². The van der Waals surface area contributed by atoms with Crippen LogP contribution in [0.1, 0.15) is 58.8 Å². The van der Waals surface area contributed by atoms with E-state index in [9.17, 15) is 9.90 Å². The lowest BCUT2D eigenvalue weighted by Gasteiger charge is -2.39. The van der Waals surface area contributed by atoms with Crippen molar-refractivity contribution in [2.24, 2.45) is 17.3 Å². The number of rotatable bonds is 4.